The maximum Gasteiger partial charge on any atom is 0.166 e. The Morgan fingerprint density at radius 1 is 0.600 bits per heavy atom. The summed E-state index contributed by atoms with van der Waals surface area (Å²) in [6.45, 7) is 3.06. The number of nitrogens with zero attached hydrogens (tertiary/aromatic N) is 2. The van der Waals surface area contributed by atoms with E-state index in [4.69, 9.17) is 18.9 Å². The summed E-state index contributed by atoms with van der Waals surface area (Å²) in [4.78, 5) is 8.58. The lowest BCUT2D eigenvalue weighted by molar-refractivity contribution is 0.0269. The molecule has 2 aromatic rings. The minimum absolute atomic E-state index is 0.0389. The number of phenols is 2. The lowest BCUT2D eigenvalue weighted by Gasteiger charge is -2.11. The van der Waals surface area contributed by atoms with Crippen molar-refractivity contribution in [2.75, 3.05) is 52.7 Å². The van der Waals surface area contributed by atoms with Gasteiger partial charge in [-0.3, -0.25) is 9.98 Å². The van der Waals surface area contributed by atoms with Crippen LogP contribution in [0.5, 0.6) is 23.0 Å². The molecule has 160 valence electrons. The zero-order chi connectivity index (χ0) is 21.0. The predicted octanol–water partition coefficient (Wildman–Crippen LogP) is 2.44. The Balaban J connectivity index is 1.68. The number of rotatable bonds is 0. The molecule has 2 aromatic carbocycles. The summed E-state index contributed by atoms with van der Waals surface area (Å²) >= 11 is 0. The fraction of sp³-hybridized carbons (Fsp3) is 0.364. The van der Waals surface area contributed by atoms with E-state index >= 15 is 0 Å². The van der Waals surface area contributed by atoms with Gasteiger partial charge < -0.3 is 29.2 Å². The third kappa shape index (κ3) is 6.47. The molecule has 0 saturated carbocycles. The summed E-state index contributed by atoms with van der Waals surface area (Å²) in [5.41, 5.74) is 1.13. The van der Waals surface area contributed by atoms with Gasteiger partial charge >= 0.3 is 0 Å². The lowest BCUT2D eigenvalue weighted by Crippen LogP contribution is -2.13. The van der Waals surface area contributed by atoms with Gasteiger partial charge in [-0.05, 0) is 24.3 Å². The van der Waals surface area contributed by atoms with Crippen molar-refractivity contribution in [1.29, 1.82) is 0 Å². The highest BCUT2D eigenvalue weighted by Crippen LogP contribution is 2.29. The van der Waals surface area contributed by atoms with Crippen LogP contribution in [0.25, 0.3) is 0 Å². The first kappa shape index (κ1) is 21.6. The zero-order valence-corrected chi connectivity index (χ0v) is 16.7. The molecular weight excluding hydrogens is 388 g/mol. The smallest absolute Gasteiger partial charge is 0.166 e. The summed E-state index contributed by atoms with van der Waals surface area (Å²) in [6.07, 6.45) is 3.17. The molecule has 0 atom stereocenters. The standard InChI is InChI=1S/C22H26N2O6/c25-21-17-3-1-5-19(21)29-13-11-27-9-10-28-12-14-30-20-6-2-4-18(22(20)26)16-24-8-7-23-15-17/h1-6,15-16,25-26H,7-14H2. The van der Waals surface area contributed by atoms with Crippen molar-refractivity contribution in [2.45, 2.75) is 0 Å². The summed E-state index contributed by atoms with van der Waals surface area (Å²) in [6, 6.07) is 10.5. The van der Waals surface area contributed by atoms with Crippen LogP contribution in [0.4, 0.5) is 0 Å². The zero-order valence-electron chi connectivity index (χ0n) is 16.7. The molecule has 0 aliphatic carbocycles. The largest absolute Gasteiger partial charge is 0.504 e. The van der Waals surface area contributed by atoms with E-state index in [-0.39, 0.29) is 11.5 Å². The molecule has 0 fully saturated rings. The number of para-hydroxylation sites is 2. The number of phenolic OH excluding ortho intramolecular Hbond substituents is 2. The molecule has 2 N–H and O–H groups in total. The lowest BCUT2D eigenvalue weighted by atomic mass is 10.2. The third-order valence-corrected chi connectivity index (χ3v) is 4.22. The highest BCUT2D eigenvalue weighted by molar-refractivity contribution is 5.85. The van der Waals surface area contributed by atoms with Crippen LogP contribution in [0.2, 0.25) is 0 Å². The monoisotopic (exact) mass is 414 g/mol. The van der Waals surface area contributed by atoms with Gasteiger partial charge in [-0.1, -0.05) is 12.1 Å². The fourth-order valence-electron chi connectivity index (χ4n) is 2.70. The van der Waals surface area contributed by atoms with Crippen LogP contribution in [0.3, 0.4) is 0 Å². The topological polar surface area (TPSA) is 102 Å². The molecule has 0 radical (unpaired) electrons. The molecule has 0 saturated heterocycles. The van der Waals surface area contributed by atoms with Gasteiger partial charge in [-0.2, -0.15) is 0 Å². The number of hydrogen-bond acceptors (Lipinski definition) is 8. The van der Waals surface area contributed by atoms with Crippen LogP contribution in [0.1, 0.15) is 11.1 Å². The quantitative estimate of drug-likeness (QED) is 0.687. The van der Waals surface area contributed by atoms with Gasteiger partial charge in [0.1, 0.15) is 13.2 Å². The first-order chi connectivity index (χ1) is 14.8. The average molecular weight is 414 g/mol. The highest BCUT2D eigenvalue weighted by Gasteiger charge is 2.08. The van der Waals surface area contributed by atoms with E-state index in [0.29, 0.717) is 75.4 Å². The van der Waals surface area contributed by atoms with E-state index in [9.17, 15) is 10.2 Å². The van der Waals surface area contributed by atoms with Crippen molar-refractivity contribution in [3.8, 4) is 23.0 Å². The number of aliphatic imine (C=N–C) groups is 2. The first-order valence-electron chi connectivity index (χ1n) is 9.80. The minimum Gasteiger partial charge on any atom is -0.504 e. The van der Waals surface area contributed by atoms with Crippen molar-refractivity contribution in [2.24, 2.45) is 9.98 Å². The Bertz CT molecular complexity index is 797. The molecule has 4 bridgehead atoms. The van der Waals surface area contributed by atoms with Gasteiger partial charge in [-0.15, -0.1) is 0 Å². The van der Waals surface area contributed by atoms with Crippen LogP contribution >= 0.6 is 0 Å². The second kappa shape index (κ2) is 11.8. The number of hydrogen-bond donors (Lipinski definition) is 2. The normalized spacial score (nSPS) is 16.5. The number of aromatic hydroxyl groups is 2. The Morgan fingerprint density at radius 3 is 1.50 bits per heavy atom. The van der Waals surface area contributed by atoms with E-state index in [2.05, 4.69) is 9.98 Å². The molecule has 30 heavy (non-hydrogen) atoms. The van der Waals surface area contributed by atoms with Crippen LogP contribution in [0.15, 0.2) is 46.4 Å². The first-order valence-corrected chi connectivity index (χ1v) is 9.80. The Kier molecular flexibility index (Phi) is 8.49. The van der Waals surface area contributed by atoms with Gasteiger partial charge in [0.05, 0.1) is 39.5 Å². The molecule has 1 heterocycles. The van der Waals surface area contributed by atoms with E-state index in [1.54, 1.807) is 48.8 Å². The average Bonchev–Trinajstić information content (AvgIpc) is 2.75. The molecule has 0 amide bonds. The Morgan fingerprint density at radius 2 is 1.03 bits per heavy atom. The number of fused-ring (bicyclic) bond motifs is 4. The molecule has 0 aromatic heterocycles. The van der Waals surface area contributed by atoms with E-state index in [0.717, 1.165) is 0 Å². The third-order valence-electron chi connectivity index (χ3n) is 4.22. The van der Waals surface area contributed by atoms with E-state index in [1.807, 2.05) is 0 Å². The second-order valence-corrected chi connectivity index (χ2v) is 6.38. The van der Waals surface area contributed by atoms with Crippen molar-refractivity contribution in [3.63, 3.8) is 0 Å². The van der Waals surface area contributed by atoms with Crippen molar-refractivity contribution in [1.82, 2.24) is 0 Å². The Labute approximate surface area is 175 Å². The molecule has 0 spiro atoms. The number of ether oxygens (including phenoxy) is 4. The highest BCUT2D eigenvalue weighted by atomic mass is 16.6. The van der Waals surface area contributed by atoms with Crippen LogP contribution in [-0.4, -0.2) is 75.4 Å². The minimum atomic E-state index is 0.0389. The second-order valence-electron chi connectivity index (χ2n) is 6.38. The summed E-state index contributed by atoms with van der Waals surface area (Å²) < 4.78 is 22.1. The van der Waals surface area contributed by atoms with E-state index in [1.165, 1.54) is 0 Å². The van der Waals surface area contributed by atoms with Gasteiger partial charge in [0.15, 0.2) is 23.0 Å². The van der Waals surface area contributed by atoms with Crippen molar-refractivity contribution < 1.29 is 29.2 Å². The van der Waals surface area contributed by atoms with Crippen LogP contribution in [-0.2, 0) is 9.47 Å². The van der Waals surface area contributed by atoms with Gasteiger partial charge in [0.25, 0.3) is 0 Å². The fourth-order valence-corrected chi connectivity index (χ4v) is 2.70. The number of benzene rings is 2. The molecule has 8 nitrogen and oxygen atoms in total. The summed E-state index contributed by atoms with van der Waals surface area (Å²) in [5.74, 6) is 0.840. The SMILES string of the molecule is Oc1c2cccc1OCCOCCOCCOc1cccc(c1O)C=NCCN=C2. The van der Waals surface area contributed by atoms with Crippen molar-refractivity contribution in [3.05, 3.63) is 47.5 Å². The maximum absolute atomic E-state index is 10.3. The molecule has 0 unspecified atom stereocenters. The molecule has 1 aliphatic rings. The molecule has 8 heteroatoms. The van der Waals surface area contributed by atoms with Gasteiger partial charge in [0, 0.05) is 23.6 Å². The van der Waals surface area contributed by atoms with Crippen LogP contribution in [0, 0.1) is 0 Å². The molecule has 1 aliphatic heterocycles. The molecule has 3 rings (SSSR count). The predicted molar refractivity (Wildman–Crippen MR) is 114 cm³/mol. The van der Waals surface area contributed by atoms with E-state index < -0.39 is 0 Å². The summed E-state index contributed by atoms with van der Waals surface area (Å²) in [7, 11) is 0. The van der Waals surface area contributed by atoms with Gasteiger partial charge in [-0.25, -0.2) is 0 Å². The maximum atomic E-state index is 10.3. The van der Waals surface area contributed by atoms with Crippen LogP contribution < -0.4 is 9.47 Å². The van der Waals surface area contributed by atoms with Crippen molar-refractivity contribution >= 4 is 12.4 Å². The Hall–Kier alpha value is -3.10. The van der Waals surface area contributed by atoms with Gasteiger partial charge in [0.2, 0.25) is 0 Å². The summed E-state index contributed by atoms with van der Waals surface area (Å²) in [5, 5.41) is 20.7. The molecular formula is C22H26N2O6.